The Bertz CT molecular complexity index is 511. The van der Waals surface area contributed by atoms with Crippen molar-refractivity contribution in [2.24, 2.45) is 0 Å². The predicted molar refractivity (Wildman–Crippen MR) is 96.3 cm³/mol. The third-order valence-corrected chi connectivity index (χ3v) is 4.49. The minimum atomic E-state index is 1.31. The fraction of sp³-hybridized carbons (Fsp3) is 0.250. The van der Waals surface area contributed by atoms with Gasteiger partial charge in [0.2, 0.25) is 0 Å². The van der Waals surface area contributed by atoms with E-state index in [0.29, 0.717) is 0 Å². The van der Waals surface area contributed by atoms with Crippen LogP contribution in [0.15, 0.2) is 24.3 Å². The molecule has 0 heterocycles. The largest absolute Gasteiger partial charge is 0.0453 e. The van der Waals surface area contributed by atoms with Crippen molar-refractivity contribution in [1.82, 2.24) is 0 Å². The van der Waals surface area contributed by atoms with Crippen LogP contribution in [-0.2, 0) is 0 Å². The van der Waals surface area contributed by atoms with Crippen molar-refractivity contribution in [3.63, 3.8) is 0 Å². The van der Waals surface area contributed by atoms with Crippen molar-refractivity contribution in [3.05, 3.63) is 53.7 Å². The van der Waals surface area contributed by atoms with E-state index in [1.165, 1.54) is 40.5 Å². The maximum Gasteiger partial charge on any atom is 0.0136 e. The van der Waals surface area contributed by atoms with Gasteiger partial charge in [0.15, 0.2) is 0 Å². The molecule has 0 spiro atoms. The Morgan fingerprint density at radius 3 is 1.00 bits per heavy atom. The van der Waals surface area contributed by atoms with E-state index in [1.54, 1.807) is 0 Å². The predicted octanol–water partition coefficient (Wildman–Crippen LogP) is 5.80. The number of rotatable bonds is 1. The van der Waals surface area contributed by atoms with Gasteiger partial charge in [-0.2, -0.15) is 0 Å². The number of benzene rings is 2. The molecule has 0 amide bonds. The van der Waals surface area contributed by atoms with E-state index in [1.807, 2.05) is 0 Å². The molecule has 0 aliphatic rings. The summed E-state index contributed by atoms with van der Waals surface area (Å²) in [7, 11) is 0. The van der Waals surface area contributed by atoms with Gasteiger partial charge in [-0.25, -0.2) is 0 Å². The summed E-state index contributed by atoms with van der Waals surface area (Å²) in [6, 6.07) is 9.05. The summed E-state index contributed by atoms with van der Waals surface area (Å²) >= 11 is 4.78. The van der Waals surface area contributed by atoms with E-state index in [0.717, 1.165) is 0 Å². The van der Waals surface area contributed by atoms with Gasteiger partial charge in [0.1, 0.15) is 0 Å². The third kappa shape index (κ3) is 2.74. The van der Waals surface area contributed by atoms with Gasteiger partial charge in [-0.1, -0.05) is 0 Å². The van der Waals surface area contributed by atoms with E-state index in [4.69, 9.17) is 0 Å². The molecule has 0 bridgehead atoms. The van der Waals surface area contributed by atoms with Gasteiger partial charge < -0.3 is 0 Å². The molecule has 18 heavy (non-hydrogen) atoms. The molecular formula is C16H16I2. The highest BCUT2D eigenvalue weighted by Gasteiger charge is 2.12. The van der Waals surface area contributed by atoms with Crippen molar-refractivity contribution < 1.29 is 0 Å². The monoisotopic (exact) mass is 462 g/mol. The number of hydrogen-bond acceptors (Lipinski definition) is 0. The second-order valence-corrected chi connectivity index (χ2v) is 7.32. The Kier molecular flexibility index (Phi) is 4.36. The molecule has 0 atom stereocenters. The molecule has 0 unspecified atom stereocenters. The van der Waals surface area contributed by atoms with E-state index < -0.39 is 0 Å². The number of aryl methyl sites for hydroxylation is 4. The first kappa shape index (κ1) is 14.3. The van der Waals surface area contributed by atoms with Crippen LogP contribution in [-0.4, -0.2) is 0 Å². The second kappa shape index (κ2) is 5.49. The fourth-order valence-electron chi connectivity index (χ4n) is 2.61. The molecule has 0 aliphatic heterocycles. The van der Waals surface area contributed by atoms with Crippen LogP contribution >= 0.6 is 45.2 Å². The van der Waals surface area contributed by atoms with Crippen molar-refractivity contribution in [1.29, 1.82) is 0 Å². The molecule has 2 rings (SSSR count). The lowest BCUT2D eigenvalue weighted by molar-refractivity contribution is 1.30. The van der Waals surface area contributed by atoms with E-state index in [2.05, 4.69) is 97.1 Å². The van der Waals surface area contributed by atoms with Gasteiger partial charge >= 0.3 is 0 Å². The summed E-state index contributed by atoms with van der Waals surface area (Å²) < 4.78 is 2.62. The highest BCUT2D eigenvalue weighted by Crippen LogP contribution is 2.34. The summed E-state index contributed by atoms with van der Waals surface area (Å²) in [6.45, 7) is 8.84. The molecule has 2 aromatic rings. The standard InChI is InChI=1S/C16H16I2/c1-9-5-13(17)6-10(2)15(9)16-11(3)7-14(18)8-12(16)4/h5-8H,1-4H3. The van der Waals surface area contributed by atoms with Crippen LogP contribution in [0.3, 0.4) is 0 Å². The van der Waals surface area contributed by atoms with Crippen LogP contribution in [0.1, 0.15) is 22.3 Å². The smallest absolute Gasteiger partial charge is 0.0136 e. The Labute approximate surface area is 136 Å². The van der Waals surface area contributed by atoms with E-state index in [-0.39, 0.29) is 0 Å². The SMILES string of the molecule is Cc1cc(I)cc(C)c1-c1c(C)cc(I)cc1C. The van der Waals surface area contributed by atoms with Gasteiger partial charge in [-0.05, 0) is 131 Å². The number of hydrogen-bond donors (Lipinski definition) is 0. The van der Waals surface area contributed by atoms with Crippen molar-refractivity contribution in [2.75, 3.05) is 0 Å². The summed E-state index contributed by atoms with van der Waals surface area (Å²) in [6.07, 6.45) is 0. The fourth-order valence-corrected chi connectivity index (χ4v) is 4.48. The molecule has 2 heteroatoms. The molecule has 0 nitrogen and oxygen atoms in total. The maximum absolute atomic E-state index is 2.39. The number of halogens is 2. The summed E-state index contributed by atoms with van der Waals surface area (Å²) in [5.74, 6) is 0. The highest BCUT2D eigenvalue weighted by atomic mass is 127. The first-order chi connectivity index (χ1) is 8.40. The average Bonchev–Trinajstić information content (AvgIpc) is 2.20. The Morgan fingerprint density at radius 1 is 0.556 bits per heavy atom. The zero-order valence-electron chi connectivity index (χ0n) is 11.1. The second-order valence-electron chi connectivity index (χ2n) is 4.83. The molecule has 0 fully saturated rings. The highest BCUT2D eigenvalue weighted by molar-refractivity contribution is 14.1. The summed E-state index contributed by atoms with van der Waals surface area (Å²) in [5, 5.41) is 0. The van der Waals surface area contributed by atoms with Crippen LogP contribution in [0.5, 0.6) is 0 Å². The van der Waals surface area contributed by atoms with Crippen LogP contribution in [0.25, 0.3) is 11.1 Å². The lowest BCUT2D eigenvalue weighted by atomic mass is 9.90. The van der Waals surface area contributed by atoms with Crippen LogP contribution in [0.2, 0.25) is 0 Å². The Hall–Kier alpha value is -0.100. The lowest BCUT2D eigenvalue weighted by Crippen LogP contribution is -1.96. The van der Waals surface area contributed by atoms with Gasteiger partial charge in [0.25, 0.3) is 0 Å². The van der Waals surface area contributed by atoms with Crippen LogP contribution < -0.4 is 0 Å². The lowest BCUT2D eigenvalue weighted by Gasteiger charge is -2.16. The van der Waals surface area contributed by atoms with Crippen molar-refractivity contribution >= 4 is 45.2 Å². The van der Waals surface area contributed by atoms with E-state index >= 15 is 0 Å². The van der Waals surface area contributed by atoms with Crippen LogP contribution in [0.4, 0.5) is 0 Å². The van der Waals surface area contributed by atoms with E-state index in [9.17, 15) is 0 Å². The third-order valence-electron chi connectivity index (χ3n) is 3.24. The van der Waals surface area contributed by atoms with Gasteiger partial charge in [0, 0.05) is 7.14 Å². The quantitative estimate of drug-likeness (QED) is 0.471. The van der Waals surface area contributed by atoms with Gasteiger partial charge in [-0.15, -0.1) is 0 Å². The van der Waals surface area contributed by atoms with Crippen molar-refractivity contribution in [2.45, 2.75) is 27.7 Å². The molecule has 0 N–H and O–H groups in total. The zero-order chi connectivity index (χ0) is 13.4. The minimum Gasteiger partial charge on any atom is -0.0453 e. The topological polar surface area (TPSA) is 0 Å². The Balaban J connectivity index is 2.78. The maximum atomic E-state index is 2.39. The first-order valence-corrected chi connectivity index (χ1v) is 8.09. The molecule has 0 saturated heterocycles. The summed E-state index contributed by atoms with van der Waals surface area (Å²) in [5.41, 5.74) is 8.28. The molecular weight excluding hydrogens is 446 g/mol. The molecule has 0 aliphatic carbocycles. The molecule has 0 radical (unpaired) electrons. The zero-order valence-corrected chi connectivity index (χ0v) is 15.4. The molecule has 2 aromatic carbocycles. The molecule has 94 valence electrons. The average molecular weight is 462 g/mol. The van der Waals surface area contributed by atoms with Crippen molar-refractivity contribution in [3.8, 4) is 11.1 Å². The summed E-state index contributed by atoms with van der Waals surface area (Å²) in [4.78, 5) is 0. The molecule has 0 saturated carbocycles. The Morgan fingerprint density at radius 2 is 0.778 bits per heavy atom. The molecule has 0 aromatic heterocycles. The van der Waals surface area contributed by atoms with Gasteiger partial charge in [-0.3, -0.25) is 0 Å². The normalized spacial score (nSPS) is 10.8. The minimum absolute atomic E-state index is 1.31. The van der Waals surface area contributed by atoms with Gasteiger partial charge in [0.05, 0.1) is 0 Å². The first-order valence-electron chi connectivity index (χ1n) is 5.94. The van der Waals surface area contributed by atoms with Crippen LogP contribution in [0, 0.1) is 34.8 Å².